The molecule has 0 N–H and O–H groups in total. The van der Waals surface area contributed by atoms with Crippen molar-refractivity contribution in [1.82, 2.24) is 9.88 Å². The third kappa shape index (κ3) is 3.19. The topological polar surface area (TPSA) is 33.2 Å². The number of pyridine rings is 1. The van der Waals surface area contributed by atoms with Gasteiger partial charge in [-0.2, -0.15) is 0 Å². The van der Waals surface area contributed by atoms with Gasteiger partial charge in [-0.1, -0.05) is 42.4 Å². The van der Waals surface area contributed by atoms with Crippen molar-refractivity contribution >= 4 is 51.0 Å². The zero-order valence-electron chi connectivity index (χ0n) is 15.5. The van der Waals surface area contributed by atoms with Crippen LogP contribution in [0.4, 0.5) is 0 Å². The molecule has 4 heterocycles. The Morgan fingerprint density at radius 3 is 2.97 bits per heavy atom. The van der Waals surface area contributed by atoms with Crippen LogP contribution in [0, 0.1) is 0 Å². The Kier molecular flexibility index (Phi) is 4.74. The lowest BCUT2D eigenvalue weighted by Gasteiger charge is -2.32. The van der Waals surface area contributed by atoms with E-state index in [1.807, 2.05) is 23.4 Å². The van der Waals surface area contributed by atoms with Crippen LogP contribution in [0.2, 0.25) is 4.34 Å². The molecule has 1 amide bonds. The van der Waals surface area contributed by atoms with Gasteiger partial charge in [-0.05, 0) is 40.1 Å². The highest BCUT2D eigenvalue weighted by Crippen LogP contribution is 2.45. The van der Waals surface area contributed by atoms with E-state index in [2.05, 4.69) is 47.3 Å². The zero-order chi connectivity index (χ0) is 20.0. The first-order valence-electron chi connectivity index (χ1n) is 9.25. The van der Waals surface area contributed by atoms with E-state index in [0.29, 0.717) is 13.1 Å². The minimum atomic E-state index is -0.0474. The summed E-state index contributed by atoms with van der Waals surface area (Å²) >= 11 is 9.63. The first kappa shape index (κ1) is 18.6. The number of nitrogens with zero attached hydrogens (tertiary/aromatic N) is 2. The highest BCUT2D eigenvalue weighted by atomic mass is 35.5. The van der Waals surface area contributed by atoms with Crippen LogP contribution >= 0.6 is 34.3 Å². The van der Waals surface area contributed by atoms with Crippen molar-refractivity contribution in [2.45, 2.75) is 12.5 Å². The molecule has 0 fully saturated rings. The molecule has 144 valence electrons. The molecule has 0 bridgehead atoms. The molecule has 1 atom stereocenters. The lowest BCUT2D eigenvalue weighted by Crippen LogP contribution is -2.36. The lowest BCUT2D eigenvalue weighted by molar-refractivity contribution is -0.127. The fraction of sp³-hybridized carbons (Fsp3) is 0.130. The number of halogens is 1. The number of benzene rings is 1. The molecule has 5 rings (SSSR count). The molecule has 0 spiro atoms. The standard InChI is InChI=1S/C23H17ClN2OS2/c1-2-22(27)26-12-19(17-9-21(24)29-20(17)13-26)16-7-8-28-23(16)18-11-25-10-14-5-3-4-6-15(14)18/h2-11,19H,1,12-13H2/t19-/m1/s1. The van der Waals surface area contributed by atoms with Crippen molar-refractivity contribution in [3.05, 3.63) is 87.2 Å². The smallest absolute Gasteiger partial charge is 0.246 e. The summed E-state index contributed by atoms with van der Waals surface area (Å²) in [7, 11) is 0. The summed E-state index contributed by atoms with van der Waals surface area (Å²) in [6, 6.07) is 12.5. The minimum absolute atomic E-state index is 0.0474. The number of rotatable bonds is 3. The second-order valence-electron chi connectivity index (χ2n) is 7.02. The zero-order valence-corrected chi connectivity index (χ0v) is 17.9. The molecule has 3 aromatic heterocycles. The number of carbonyl (C=O) groups is 1. The molecule has 1 aliphatic heterocycles. The largest absolute Gasteiger partial charge is 0.333 e. The van der Waals surface area contributed by atoms with Gasteiger partial charge in [-0.15, -0.1) is 22.7 Å². The van der Waals surface area contributed by atoms with Crippen molar-refractivity contribution in [2.24, 2.45) is 0 Å². The molecule has 4 aromatic rings. The number of thiophene rings is 2. The average Bonchev–Trinajstić information content (AvgIpc) is 3.37. The molecule has 0 saturated heterocycles. The van der Waals surface area contributed by atoms with Crippen LogP contribution < -0.4 is 0 Å². The molecule has 0 radical (unpaired) electrons. The van der Waals surface area contributed by atoms with Gasteiger partial charge in [0, 0.05) is 45.6 Å². The van der Waals surface area contributed by atoms with Crippen molar-refractivity contribution in [2.75, 3.05) is 6.54 Å². The van der Waals surface area contributed by atoms with E-state index in [0.717, 1.165) is 20.2 Å². The van der Waals surface area contributed by atoms with Crippen LogP contribution in [-0.2, 0) is 11.3 Å². The first-order valence-corrected chi connectivity index (χ1v) is 11.3. The lowest BCUT2D eigenvalue weighted by atomic mass is 9.87. The number of carbonyl (C=O) groups excluding carboxylic acids is 1. The summed E-state index contributed by atoms with van der Waals surface area (Å²) < 4.78 is 0.761. The van der Waals surface area contributed by atoms with E-state index in [1.165, 1.54) is 27.5 Å². The van der Waals surface area contributed by atoms with Crippen LogP contribution in [0.5, 0.6) is 0 Å². The highest BCUT2D eigenvalue weighted by molar-refractivity contribution is 7.16. The van der Waals surface area contributed by atoms with E-state index >= 15 is 0 Å². The van der Waals surface area contributed by atoms with Gasteiger partial charge < -0.3 is 4.90 Å². The molecule has 0 unspecified atom stereocenters. The number of aromatic nitrogens is 1. The molecule has 1 aromatic carbocycles. The van der Waals surface area contributed by atoms with E-state index in [-0.39, 0.29) is 11.8 Å². The van der Waals surface area contributed by atoms with Gasteiger partial charge in [0.25, 0.3) is 0 Å². The van der Waals surface area contributed by atoms with Gasteiger partial charge in [-0.3, -0.25) is 9.78 Å². The van der Waals surface area contributed by atoms with Crippen LogP contribution in [0.25, 0.3) is 21.2 Å². The monoisotopic (exact) mass is 436 g/mol. The van der Waals surface area contributed by atoms with Gasteiger partial charge >= 0.3 is 0 Å². The maximum atomic E-state index is 12.4. The summed E-state index contributed by atoms with van der Waals surface area (Å²) in [5, 5.41) is 4.43. The Morgan fingerprint density at radius 2 is 2.10 bits per heavy atom. The van der Waals surface area contributed by atoms with Crippen molar-refractivity contribution < 1.29 is 4.79 Å². The predicted octanol–water partition coefficient (Wildman–Crippen LogP) is 6.34. The number of amides is 1. The second-order valence-corrected chi connectivity index (χ2v) is 9.70. The van der Waals surface area contributed by atoms with E-state index in [1.54, 1.807) is 22.7 Å². The summed E-state index contributed by atoms with van der Waals surface area (Å²) in [5.41, 5.74) is 3.56. The Labute approximate surface area is 181 Å². The van der Waals surface area contributed by atoms with Gasteiger partial charge in [0.1, 0.15) is 0 Å². The quantitative estimate of drug-likeness (QED) is 0.351. The summed E-state index contributed by atoms with van der Waals surface area (Å²) in [6.45, 7) is 4.87. The molecule has 0 saturated carbocycles. The molecular formula is C23H17ClN2OS2. The Bertz CT molecular complexity index is 1240. The minimum Gasteiger partial charge on any atom is -0.333 e. The van der Waals surface area contributed by atoms with E-state index in [9.17, 15) is 4.79 Å². The third-order valence-corrected chi connectivity index (χ3v) is 7.62. The van der Waals surface area contributed by atoms with Crippen molar-refractivity contribution in [3.63, 3.8) is 0 Å². The van der Waals surface area contributed by atoms with Crippen LogP contribution in [-0.4, -0.2) is 22.3 Å². The first-order chi connectivity index (χ1) is 14.2. The maximum Gasteiger partial charge on any atom is 0.246 e. The van der Waals surface area contributed by atoms with E-state index in [4.69, 9.17) is 11.6 Å². The molecule has 29 heavy (non-hydrogen) atoms. The Morgan fingerprint density at radius 1 is 1.24 bits per heavy atom. The van der Waals surface area contributed by atoms with Gasteiger partial charge in [0.15, 0.2) is 0 Å². The molecule has 3 nitrogen and oxygen atoms in total. The molecule has 6 heteroatoms. The maximum absolute atomic E-state index is 12.4. The van der Waals surface area contributed by atoms with Gasteiger partial charge in [0.2, 0.25) is 5.91 Å². The summed E-state index contributed by atoms with van der Waals surface area (Å²) in [4.78, 5) is 21.1. The van der Waals surface area contributed by atoms with Crippen LogP contribution in [0.15, 0.2) is 66.8 Å². The number of hydrogen-bond donors (Lipinski definition) is 0. The third-order valence-electron chi connectivity index (χ3n) is 5.39. The van der Waals surface area contributed by atoms with E-state index < -0.39 is 0 Å². The Balaban J connectivity index is 1.66. The Hall–Kier alpha value is -2.47. The summed E-state index contributed by atoms with van der Waals surface area (Å²) in [5.74, 6) is 0.0281. The second kappa shape index (κ2) is 7.41. The number of fused-ring (bicyclic) bond motifs is 2. The normalized spacial score (nSPS) is 16.0. The molecule has 0 aliphatic carbocycles. The van der Waals surface area contributed by atoms with Crippen LogP contribution in [0.3, 0.4) is 0 Å². The average molecular weight is 437 g/mol. The molecule has 1 aliphatic rings. The van der Waals surface area contributed by atoms with Gasteiger partial charge in [-0.25, -0.2) is 0 Å². The summed E-state index contributed by atoms with van der Waals surface area (Å²) in [6.07, 6.45) is 5.23. The molecular weight excluding hydrogens is 420 g/mol. The number of hydrogen-bond acceptors (Lipinski definition) is 4. The fourth-order valence-electron chi connectivity index (χ4n) is 4.06. The SMILES string of the molecule is C=CC(=O)N1Cc2sc(Cl)cc2[C@@H](c2ccsc2-c2cncc3ccccc23)C1. The highest BCUT2D eigenvalue weighted by Gasteiger charge is 2.32. The van der Waals surface area contributed by atoms with Crippen molar-refractivity contribution in [3.8, 4) is 10.4 Å². The van der Waals surface area contributed by atoms with Crippen molar-refractivity contribution in [1.29, 1.82) is 0 Å². The fourth-order valence-corrected chi connectivity index (χ4v) is 6.40. The predicted molar refractivity (Wildman–Crippen MR) is 122 cm³/mol. The van der Waals surface area contributed by atoms with Gasteiger partial charge in [0.05, 0.1) is 10.9 Å². The van der Waals surface area contributed by atoms with Crippen LogP contribution in [0.1, 0.15) is 21.9 Å².